The molecule has 0 radical (unpaired) electrons. The quantitative estimate of drug-likeness (QED) is 0.844. The summed E-state index contributed by atoms with van der Waals surface area (Å²) in [4.78, 5) is 23.2. The predicted octanol–water partition coefficient (Wildman–Crippen LogP) is 1.60. The molecule has 0 heterocycles. The van der Waals surface area contributed by atoms with E-state index in [2.05, 4.69) is 5.32 Å². The lowest BCUT2D eigenvalue weighted by atomic mass is 10.1. The fourth-order valence-corrected chi connectivity index (χ4v) is 2.75. The normalized spacial score (nSPS) is 23.7. The molecule has 3 rings (SSSR count). The Morgan fingerprint density at radius 3 is 2.53 bits per heavy atom. The van der Waals surface area contributed by atoms with Crippen LogP contribution >= 0.6 is 0 Å². The predicted molar refractivity (Wildman–Crippen MR) is 69.5 cm³/mol. The Balaban J connectivity index is 1.61. The summed E-state index contributed by atoms with van der Waals surface area (Å²) >= 11 is 0. The molecule has 2 saturated carbocycles. The molecule has 2 fully saturated rings. The van der Waals surface area contributed by atoms with E-state index in [4.69, 9.17) is 0 Å². The van der Waals surface area contributed by atoms with E-state index in [0.717, 1.165) is 24.8 Å². The second-order valence-electron chi connectivity index (χ2n) is 5.71. The maximum Gasteiger partial charge on any atom is 0.326 e. The van der Waals surface area contributed by atoms with E-state index >= 15 is 0 Å². The Bertz CT molecular complexity index is 507. The molecule has 1 aromatic rings. The minimum atomic E-state index is -0.970. The van der Waals surface area contributed by atoms with Gasteiger partial charge in [0.1, 0.15) is 6.04 Å². The van der Waals surface area contributed by atoms with Crippen LogP contribution in [0.3, 0.4) is 0 Å². The molecule has 2 N–H and O–H groups in total. The monoisotopic (exact) mass is 259 g/mol. The fourth-order valence-electron chi connectivity index (χ4n) is 2.75. The summed E-state index contributed by atoms with van der Waals surface area (Å²) in [5.41, 5.74) is 1.19. The van der Waals surface area contributed by atoms with Crippen LogP contribution < -0.4 is 5.32 Å². The molecule has 1 aromatic carbocycles. The Morgan fingerprint density at radius 1 is 1.32 bits per heavy atom. The summed E-state index contributed by atoms with van der Waals surface area (Å²) in [6.07, 6.45) is 3.53. The highest BCUT2D eigenvalue weighted by Gasteiger charge is 2.65. The fraction of sp³-hybridized carbons (Fsp3) is 0.467. The van der Waals surface area contributed by atoms with Gasteiger partial charge in [-0.05, 0) is 30.2 Å². The maximum absolute atomic E-state index is 12.0. The van der Waals surface area contributed by atoms with Gasteiger partial charge in [0.15, 0.2) is 0 Å². The first-order chi connectivity index (χ1) is 9.11. The van der Waals surface area contributed by atoms with Gasteiger partial charge in [-0.2, -0.15) is 0 Å². The van der Waals surface area contributed by atoms with Gasteiger partial charge in [-0.25, -0.2) is 4.79 Å². The van der Waals surface area contributed by atoms with Crippen molar-refractivity contribution in [3.05, 3.63) is 35.9 Å². The summed E-state index contributed by atoms with van der Waals surface area (Å²) in [7, 11) is 0. The van der Waals surface area contributed by atoms with E-state index in [1.54, 1.807) is 0 Å². The summed E-state index contributed by atoms with van der Waals surface area (Å²) in [5.74, 6) is -0.992. The van der Waals surface area contributed by atoms with Crippen molar-refractivity contribution >= 4 is 11.9 Å². The third-order valence-electron chi connectivity index (χ3n) is 4.30. The number of aliphatic carboxylic acids is 1. The van der Waals surface area contributed by atoms with Crippen LogP contribution in [0.4, 0.5) is 0 Å². The van der Waals surface area contributed by atoms with Gasteiger partial charge in [-0.3, -0.25) is 4.79 Å². The van der Waals surface area contributed by atoms with Crippen LogP contribution in [0.5, 0.6) is 0 Å². The average Bonchev–Trinajstić information content (AvgIpc) is 3.30. The van der Waals surface area contributed by atoms with E-state index in [-0.39, 0.29) is 17.2 Å². The van der Waals surface area contributed by atoms with Gasteiger partial charge in [0.05, 0.1) is 0 Å². The van der Waals surface area contributed by atoms with Crippen molar-refractivity contribution in [3.8, 4) is 0 Å². The molecule has 4 heteroatoms. The molecular formula is C15H17NO3. The number of carbonyl (C=O) groups is 2. The third-order valence-corrected chi connectivity index (χ3v) is 4.30. The number of amides is 1. The van der Waals surface area contributed by atoms with Gasteiger partial charge in [-0.15, -0.1) is 0 Å². The molecule has 0 aromatic heterocycles. The molecule has 100 valence electrons. The van der Waals surface area contributed by atoms with Crippen molar-refractivity contribution < 1.29 is 14.7 Å². The van der Waals surface area contributed by atoms with Crippen molar-refractivity contribution in [2.45, 2.75) is 31.7 Å². The molecule has 0 bridgehead atoms. The molecule has 0 saturated heterocycles. The highest BCUT2D eigenvalue weighted by atomic mass is 16.4. The molecule has 1 amide bonds. The average molecular weight is 259 g/mol. The van der Waals surface area contributed by atoms with Crippen LogP contribution in [0.2, 0.25) is 0 Å². The van der Waals surface area contributed by atoms with Crippen molar-refractivity contribution in [1.29, 1.82) is 0 Å². The van der Waals surface area contributed by atoms with Gasteiger partial charge < -0.3 is 10.4 Å². The Kier molecular flexibility index (Phi) is 2.81. The van der Waals surface area contributed by atoms with Gasteiger partial charge >= 0.3 is 5.97 Å². The number of carbonyl (C=O) groups excluding carboxylic acids is 1. The van der Waals surface area contributed by atoms with Crippen molar-refractivity contribution in [2.24, 2.45) is 11.3 Å². The van der Waals surface area contributed by atoms with Crippen LogP contribution in [0.25, 0.3) is 0 Å². The smallest absolute Gasteiger partial charge is 0.326 e. The summed E-state index contributed by atoms with van der Waals surface area (Å²) in [6.45, 7) is 0. The Morgan fingerprint density at radius 2 is 2.00 bits per heavy atom. The number of rotatable bonds is 5. The number of nitrogens with one attached hydrogen (secondary N) is 1. The first kappa shape index (κ1) is 12.2. The number of carboxylic acids is 1. The topological polar surface area (TPSA) is 66.4 Å². The first-order valence-corrected chi connectivity index (χ1v) is 6.68. The number of hydrogen-bond acceptors (Lipinski definition) is 2. The van der Waals surface area contributed by atoms with Gasteiger partial charge in [-0.1, -0.05) is 30.3 Å². The van der Waals surface area contributed by atoms with Crippen LogP contribution in [0.15, 0.2) is 30.3 Å². The number of carboxylic acid groups (broad SMARTS) is 1. The molecule has 1 spiro atoms. The second-order valence-corrected chi connectivity index (χ2v) is 5.71. The molecule has 2 unspecified atom stereocenters. The summed E-state index contributed by atoms with van der Waals surface area (Å²) in [6, 6.07) is 8.56. The summed E-state index contributed by atoms with van der Waals surface area (Å²) < 4.78 is 0. The zero-order chi connectivity index (χ0) is 13.5. The molecule has 2 aliphatic carbocycles. The zero-order valence-electron chi connectivity index (χ0n) is 10.6. The zero-order valence-corrected chi connectivity index (χ0v) is 10.6. The van der Waals surface area contributed by atoms with Gasteiger partial charge in [0.25, 0.3) is 0 Å². The molecule has 2 atom stereocenters. The minimum Gasteiger partial charge on any atom is -0.480 e. The highest BCUT2D eigenvalue weighted by molar-refractivity contribution is 5.88. The van der Waals surface area contributed by atoms with Crippen molar-refractivity contribution in [1.82, 2.24) is 5.32 Å². The Hall–Kier alpha value is -1.84. The largest absolute Gasteiger partial charge is 0.480 e. The van der Waals surface area contributed by atoms with Gasteiger partial charge in [0, 0.05) is 12.3 Å². The van der Waals surface area contributed by atoms with Crippen LogP contribution in [0.1, 0.15) is 24.8 Å². The first-order valence-electron chi connectivity index (χ1n) is 6.68. The number of hydrogen-bond donors (Lipinski definition) is 2. The van der Waals surface area contributed by atoms with Crippen LogP contribution in [-0.4, -0.2) is 23.0 Å². The van der Waals surface area contributed by atoms with Crippen LogP contribution in [0, 0.1) is 11.3 Å². The molecule has 2 aliphatic rings. The molecule has 19 heavy (non-hydrogen) atoms. The summed E-state index contributed by atoms with van der Waals surface area (Å²) in [5, 5.41) is 11.9. The van der Waals surface area contributed by atoms with Crippen molar-refractivity contribution in [2.75, 3.05) is 0 Å². The highest BCUT2D eigenvalue weighted by Crippen LogP contribution is 2.70. The van der Waals surface area contributed by atoms with Gasteiger partial charge in [0.2, 0.25) is 5.91 Å². The lowest BCUT2D eigenvalue weighted by Crippen LogP contribution is -2.43. The molecule has 4 nitrogen and oxygen atoms in total. The lowest BCUT2D eigenvalue weighted by molar-refractivity contribution is -0.142. The minimum absolute atomic E-state index is 0.0603. The van der Waals surface area contributed by atoms with E-state index in [9.17, 15) is 14.7 Å². The SMILES string of the molecule is O=C(O)C(Cc1ccccc1)NC(=O)C1CC12CC2. The van der Waals surface area contributed by atoms with E-state index in [1.807, 2.05) is 30.3 Å². The second kappa shape index (κ2) is 4.37. The molecule has 0 aliphatic heterocycles. The third kappa shape index (κ3) is 2.48. The van der Waals surface area contributed by atoms with E-state index < -0.39 is 12.0 Å². The van der Waals surface area contributed by atoms with E-state index in [1.165, 1.54) is 0 Å². The van der Waals surface area contributed by atoms with Crippen LogP contribution in [-0.2, 0) is 16.0 Å². The Labute approximate surface area is 111 Å². The van der Waals surface area contributed by atoms with E-state index in [0.29, 0.717) is 6.42 Å². The van der Waals surface area contributed by atoms with Crippen molar-refractivity contribution in [3.63, 3.8) is 0 Å². The standard InChI is InChI=1S/C15H17NO3/c17-13(11-9-15(11)6-7-15)16-12(14(18)19)8-10-4-2-1-3-5-10/h1-5,11-12H,6-9H2,(H,16,17)(H,18,19). The lowest BCUT2D eigenvalue weighted by Gasteiger charge is -2.14. The molecular weight excluding hydrogens is 242 g/mol. The number of benzene rings is 1. The maximum atomic E-state index is 12.0.